The van der Waals surface area contributed by atoms with E-state index in [-0.39, 0.29) is 46.8 Å². The maximum Gasteiger partial charge on any atom is 0.413 e. The Morgan fingerprint density at radius 2 is 1.78 bits per heavy atom. The SMILES string of the molecule is CC(C)(C)OC(=O)NC(=N)c1ccc(CNC(=O)[C@@H]2C[C@@H](CCCc3ccccc3)c3c(Cl)nc(NC4CCC4)c(=O)n32)cc1. The quantitative estimate of drug-likeness (QED) is 0.158. The van der Waals surface area contributed by atoms with Crippen molar-refractivity contribution in [2.45, 2.75) is 95.9 Å². The molecule has 1 saturated carbocycles. The summed E-state index contributed by atoms with van der Waals surface area (Å²) in [4.78, 5) is 43.8. The van der Waals surface area contributed by atoms with Crippen LogP contribution < -0.4 is 21.5 Å². The second kappa shape index (κ2) is 13.9. The molecule has 2 atom stereocenters. The van der Waals surface area contributed by atoms with E-state index in [0.29, 0.717) is 17.7 Å². The molecule has 2 heterocycles. The Hall–Kier alpha value is -4.18. The highest BCUT2D eigenvalue weighted by Crippen LogP contribution is 2.41. The molecule has 10 nitrogen and oxygen atoms in total. The zero-order valence-electron chi connectivity index (χ0n) is 26.0. The molecule has 1 aliphatic heterocycles. The first-order valence-electron chi connectivity index (χ1n) is 15.6. The number of carbonyl (C=O) groups excluding carboxylic acids is 2. The fourth-order valence-corrected chi connectivity index (χ4v) is 6.11. The predicted molar refractivity (Wildman–Crippen MR) is 175 cm³/mol. The van der Waals surface area contributed by atoms with Gasteiger partial charge in [-0.3, -0.25) is 24.9 Å². The molecule has 0 unspecified atom stereocenters. The van der Waals surface area contributed by atoms with E-state index in [1.54, 1.807) is 49.6 Å². The van der Waals surface area contributed by atoms with E-state index < -0.39 is 17.7 Å². The number of nitrogens with one attached hydrogen (secondary N) is 4. The van der Waals surface area contributed by atoms with E-state index in [1.165, 1.54) is 5.56 Å². The van der Waals surface area contributed by atoms with Crippen LogP contribution in [0, 0.1) is 5.41 Å². The van der Waals surface area contributed by atoms with Gasteiger partial charge in [0.15, 0.2) is 11.0 Å². The molecule has 0 radical (unpaired) electrons. The molecule has 2 amide bonds. The fraction of sp³-hybridized carbons (Fsp3) is 0.441. The number of nitrogens with zero attached hydrogens (tertiary/aromatic N) is 2. The molecule has 2 aromatic carbocycles. The van der Waals surface area contributed by atoms with Crippen LogP contribution in [0.4, 0.5) is 10.6 Å². The van der Waals surface area contributed by atoms with Crippen LogP contribution in [0.2, 0.25) is 5.15 Å². The van der Waals surface area contributed by atoms with Gasteiger partial charge in [-0.1, -0.05) is 66.2 Å². The summed E-state index contributed by atoms with van der Waals surface area (Å²) in [6, 6.07) is 16.7. The van der Waals surface area contributed by atoms with Gasteiger partial charge in [-0.15, -0.1) is 0 Å². The number of benzene rings is 2. The number of amides is 2. The molecule has 1 fully saturated rings. The van der Waals surface area contributed by atoms with Crippen molar-refractivity contribution in [3.8, 4) is 0 Å². The molecule has 0 saturated heterocycles. The summed E-state index contributed by atoms with van der Waals surface area (Å²) in [6.45, 7) is 5.49. The minimum absolute atomic E-state index is 0.0716. The Bertz CT molecular complexity index is 1600. The number of aromatic nitrogens is 2. The van der Waals surface area contributed by atoms with Gasteiger partial charge in [0, 0.05) is 24.1 Å². The van der Waals surface area contributed by atoms with E-state index in [0.717, 1.165) is 44.1 Å². The number of anilines is 1. The lowest BCUT2D eigenvalue weighted by Crippen LogP contribution is -2.38. The van der Waals surface area contributed by atoms with Gasteiger partial charge in [-0.25, -0.2) is 9.78 Å². The van der Waals surface area contributed by atoms with Crippen LogP contribution in [0.3, 0.4) is 0 Å². The summed E-state index contributed by atoms with van der Waals surface area (Å²) in [7, 11) is 0. The molecule has 2 aliphatic rings. The molecule has 3 aromatic rings. The van der Waals surface area contributed by atoms with Gasteiger partial charge in [0.1, 0.15) is 17.5 Å². The highest BCUT2D eigenvalue weighted by molar-refractivity contribution is 6.30. The maximum atomic E-state index is 13.7. The summed E-state index contributed by atoms with van der Waals surface area (Å²) in [6.07, 6.45) is 5.38. The van der Waals surface area contributed by atoms with Gasteiger partial charge < -0.3 is 15.4 Å². The first-order valence-corrected chi connectivity index (χ1v) is 15.9. The van der Waals surface area contributed by atoms with Crippen molar-refractivity contribution in [1.82, 2.24) is 20.2 Å². The number of ether oxygens (including phenoxy) is 1. The highest BCUT2D eigenvalue weighted by Gasteiger charge is 2.39. The van der Waals surface area contributed by atoms with Crippen LogP contribution in [0.5, 0.6) is 0 Å². The second-order valence-electron chi connectivity index (χ2n) is 12.8. The van der Waals surface area contributed by atoms with Crippen molar-refractivity contribution < 1.29 is 14.3 Å². The Balaban J connectivity index is 1.27. The molecule has 11 heteroatoms. The first-order chi connectivity index (χ1) is 21.5. The molecule has 1 aromatic heterocycles. The van der Waals surface area contributed by atoms with Crippen LogP contribution >= 0.6 is 11.6 Å². The zero-order valence-corrected chi connectivity index (χ0v) is 26.7. The van der Waals surface area contributed by atoms with Crippen molar-refractivity contribution >= 4 is 35.3 Å². The Kier molecular flexibility index (Phi) is 9.92. The van der Waals surface area contributed by atoms with Gasteiger partial charge in [0.25, 0.3) is 5.56 Å². The van der Waals surface area contributed by atoms with Crippen molar-refractivity contribution in [1.29, 1.82) is 5.41 Å². The van der Waals surface area contributed by atoms with Crippen molar-refractivity contribution in [2.75, 3.05) is 5.32 Å². The number of amidine groups is 1. The number of halogens is 1. The summed E-state index contributed by atoms with van der Waals surface area (Å²) < 4.78 is 6.77. The molecule has 0 spiro atoms. The molecule has 5 rings (SSSR count). The Labute approximate surface area is 268 Å². The van der Waals surface area contributed by atoms with Crippen LogP contribution in [0.25, 0.3) is 0 Å². The molecular formula is C34H41ClN6O4. The Morgan fingerprint density at radius 3 is 2.42 bits per heavy atom. The average Bonchev–Trinajstić information content (AvgIpc) is 3.36. The second-order valence-corrected chi connectivity index (χ2v) is 13.2. The van der Waals surface area contributed by atoms with Gasteiger partial charge in [0.2, 0.25) is 5.91 Å². The fourth-order valence-electron chi connectivity index (χ4n) is 5.78. The van der Waals surface area contributed by atoms with Crippen LogP contribution in [-0.2, 0) is 22.5 Å². The topological polar surface area (TPSA) is 138 Å². The third-order valence-corrected chi connectivity index (χ3v) is 8.53. The lowest BCUT2D eigenvalue weighted by atomic mass is 9.93. The lowest BCUT2D eigenvalue weighted by Gasteiger charge is -2.27. The van der Waals surface area contributed by atoms with E-state index >= 15 is 0 Å². The number of aryl methyl sites for hydroxylation is 1. The van der Waals surface area contributed by atoms with E-state index in [4.69, 9.17) is 21.7 Å². The Morgan fingerprint density at radius 1 is 1.07 bits per heavy atom. The van der Waals surface area contributed by atoms with E-state index in [1.807, 2.05) is 18.2 Å². The number of carbonyl (C=O) groups is 2. The minimum atomic E-state index is -0.706. The van der Waals surface area contributed by atoms with Gasteiger partial charge in [-0.2, -0.15) is 0 Å². The molecule has 238 valence electrons. The van der Waals surface area contributed by atoms with Gasteiger partial charge >= 0.3 is 6.09 Å². The molecule has 0 bridgehead atoms. The zero-order chi connectivity index (χ0) is 32.1. The van der Waals surface area contributed by atoms with Crippen LogP contribution in [-0.4, -0.2) is 39.0 Å². The first kappa shape index (κ1) is 32.2. The van der Waals surface area contributed by atoms with Crippen molar-refractivity contribution in [2.24, 2.45) is 0 Å². The monoisotopic (exact) mass is 632 g/mol. The summed E-state index contributed by atoms with van der Waals surface area (Å²) >= 11 is 6.73. The third-order valence-electron chi connectivity index (χ3n) is 8.25. The minimum Gasteiger partial charge on any atom is -0.444 e. The third kappa shape index (κ3) is 8.11. The summed E-state index contributed by atoms with van der Waals surface area (Å²) in [5.41, 5.74) is 2.20. The molecule has 45 heavy (non-hydrogen) atoms. The summed E-state index contributed by atoms with van der Waals surface area (Å²) in [5, 5.41) is 17.1. The molecule has 1 aliphatic carbocycles. The van der Waals surface area contributed by atoms with Gasteiger partial charge in [-0.05, 0) is 76.8 Å². The smallest absolute Gasteiger partial charge is 0.413 e. The average molecular weight is 633 g/mol. The van der Waals surface area contributed by atoms with Crippen LogP contribution in [0.15, 0.2) is 59.4 Å². The lowest BCUT2D eigenvalue weighted by molar-refractivity contribution is -0.124. The van der Waals surface area contributed by atoms with Crippen LogP contribution in [0.1, 0.15) is 93.6 Å². The number of alkyl carbamates (subject to hydrolysis) is 1. The normalized spacial score (nSPS) is 17.6. The number of hydrogen-bond acceptors (Lipinski definition) is 7. The van der Waals surface area contributed by atoms with Gasteiger partial charge in [0.05, 0.1) is 5.69 Å². The van der Waals surface area contributed by atoms with Crippen molar-refractivity contribution in [3.63, 3.8) is 0 Å². The number of hydrogen-bond donors (Lipinski definition) is 4. The maximum absolute atomic E-state index is 13.7. The van der Waals surface area contributed by atoms with Crippen molar-refractivity contribution in [3.05, 3.63) is 92.5 Å². The number of fused-ring (bicyclic) bond motifs is 1. The number of rotatable bonds is 10. The van der Waals surface area contributed by atoms with E-state index in [2.05, 4.69) is 33.1 Å². The van der Waals surface area contributed by atoms with E-state index in [9.17, 15) is 14.4 Å². The standard InChI is InChI=1S/C34H41ClN6O4/c1-34(2,3)45-33(44)40-29(36)23-17-15-22(16-18-23)20-37-31(42)26-19-24(12-7-11-21-9-5-4-6-10-21)27-28(35)39-30(32(43)41(26)27)38-25-13-8-14-25/h4-6,9-10,15-18,24-26H,7-8,11-14,19-20H2,1-3H3,(H,37,42)(H,38,39)(H2,36,40,44)/t24-,26+/m1/s1. The molecule has 4 N–H and O–H groups in total. The predicted octanol–water partition coefficient (Wildman–Crippen LogP) is 6.08. The summed E-state index contributed by atoms with van der Waals surface area (Å²) in [5.74, 6) is -0.215. The largest absolute Gasteiger partial charge is 0.444 e. The highest BCUT2D eigenvalue weighted by atomic mass is 35.5. The molecular weight excluding hydrogens is 592 g/mol.